The molecule has 9 rings (SSSR count). The van der Waals surface area contributed by atoms with E-state index in [1.54, 1.807) is 7.11 Å². The van der Waals surface area contributed by atoms with Crippen LogP contribution in [0, 0.1) is 11.3 Å². The zero-order valence-electron chi connectivity index (χ0n) is 35.5. The van der Waals surface area contributed by atoms with Crippen LogP contribution in [0.3, 0.4) is 0 Å². The van der Waals surface area contributed by atoms with Gasteiger partial charge in [-0.25, -0.2) is 0 Å². The van der Waals surface area contributed by atoms with Crippen LogP contribution in [0.4, 0.5) is 5.69 Å². The molecule has 12 nitrogen and oxygen atoms in total. The molecule has 1 amide bonds. The molecular weight excluding hydrogens is 747 g/mol. The second-order valence-electron chi connectivity index (χ2n) is 17.9. The fraction of sp³-hybridized carbons (Fsp3) is 0.553. The number of carbonyl (C=O) groups is 3. The molecular formula is C47H59N5O7. The number of aromatic amines is 1. The molecule has 314 valence electrons. The number of para-hydroxylation sites is 1. The summed E-state index contributed by atoms with van der Waals surface area (Å²) in [6.45, 7) is 11.7. The Hall–Kier alpha value is -4.65. The van der Waals surface area contributed by atoms with Gasteiger partial charge < -0.3 is 34.5 Å². The van der Waals surface area contributed by atoms with Gasteiger partial charge in [0.05, 0.1) is 20.3 Å². The molecule has 3 aromatic rings. The van der Waals surface area contributed by atoms with Crippen LogP contribution >= 0.6 is 0 Å². The average Bonchev–Trinajstić information content (AvgIpc) is 3.90. The molecule has 0 radical (unpaired) electrons. The number of aliphatic hydroxyl groups is 1. The van der Waals surface area contributed by atoms with Gasteiger partial charge in [0.15, 0.2) is 6.10 Å². The number of esters is 2. The van der Waals surface area contributed by atoms with E-state index in [9.17, 15) is 14.7 Å². The Kier molecular flexibility index (Phi) is 9.60. The summed E-state index contributed by atoms with van der Waals surface area (Å²) in [7, 11) is 5.04. The van der Waals surface area contributed by atoms with Crippen LogP contribution < -0.4 is 15.0 Å². The Morgan fingerprint density at radius 2 is 1.85 bits per heavy atom. The number of hydrogen-bond donors (Lipinski definition) is 3. The van der Waals surface area contributed by atoms with Crippen molar-refractivity contribution in [2.75, 3.05) is 65.4 Å². The molecule has 6 aliphatic rings. The Labute approximate surface area is 346 Å². The molecule has 3 N–H and O–H groups in total. The van der Waals surface area contributed by atoms with Crippen LogP contribution in [0.2, 0.25) is 0 Å². The number of fused-ring (bicyclic) bond motifs is 6. The van der Waals surface area contributed by atoms with E-state index >= 15 is 4.79 Å². The minimum absolute atomic E-state index is 0.0295. The van der Waals surface area contributed by atoms with Crippen LogP contribution in [0.1, 0.15) is 75.8 Å². The number of ether oxygens (including phenoxy) is 3. The minimum Gasteiger partial charge on any atom is -0.496 e. The van der Waals surface area contributed by atoms with Crippen molar-refractivity contribution >= 4 is 34.4 Å². The lowest BCUT2D eigenvalue weighted by molar-refractivity contribution is -0.217. The molecule has 12 heteroatoms. The highest BCUT2D eigenvalue weighted by Crippen LogP contribution is 2.68. The van der Waals surface area contributed by atoms with E-state index in [4.69, 9.17) is 14.2 Å². The maximum atomic E-state index is 15.3. The van der Waals surface area contributed by atoms with Gasteiger partial charge in [-0.1, -0.05) is 55.8 Å². The number of carbonyl (C=O) groups excluding carboxylic acids is 3. The SMILES string of the molecule is CCNC(=O)C1(O)[C@@H]2N(C)c3cc(OC)c([C@@]4(C(=O)OC)C[C@@H]5C=C(CC)CN(CCc6c4[nH]c4ccccc64)C5)cc3C23CCN2CC=C[C@](CC)([C@H]23)[C@H]1OC(C)=O. The largest absolute Gasteiger partial charge is 0.496 e. The van der Waals surface area contributed by atoms with Crippen molar-refractivity contribution in [3.8, 4) is 5.75 Å². The predicted molar refractivity (Wildman–Crippen MR) is 226 cm³/mol. The van der Waals surface area contributed by atoms with Crippen molar-refractivity contribution in [3.05, 3.63) is 82.6 Å². The molecule has 59 heavy (non-hydrogen) atoms. The van der Waals surface area contributed by atoms with Crippen molar-refractivity contribution in [1.29, 1.82) is 0 Å². The standard InChI is InChI=1S/C47H59N5O7/c1-8-29-22-30-25-46(43(55)58-7,38-32(16-20-51(26-29)27-30)31-14-11-12-15-35(31)49-38)34-23-33-36(24-37(34)57-6)50(5)40-45(33)18-21-52-19-13-17-44(9-2,39(45)52)41(59-28(4)53)47(40,56)42(54)48-10-3/h11-15,17,22-24,30,39-41,49,56H,8-10,16,18-21,25-27H2,1-7H3,(H,48,54)/t30-,39-,40+,41+,44+,45?,46-,47?/m0/s1. The molecule has 1 spiro atoms. The van der Waals surface area contributed by atoms with Gasteiger partial charge in [0.25, 0.3) is 5.91 Å². The molecule has 5 aliphatic heterocycles. The van der Waals surface area contributed by atoms with E-state index in [1.807, 2.05) is 31.0 Å². The Bertz CT molecular complexity index is 2280. The number of methoxy groups -OCH3 is 2. The lowest BCUT2D eigenvalue weighted by Gasteiger charge is -2.63. The van der Waals surface area contributed by atoms with Crippen LogP contribution in [-0.2, 0) is 41.1 Å². The number of nitrogens with zero attached hydrogens (tertiary/aromatic N) is 3. The number of nitrogens with one attached hydrogen (secondary N) is 2. The van der Waals surface area contributed by atoms with Crippen molar-refractivity contribution in [1.82, 2.24) is 20.1 Å². The average molecular weight is 806 g/mol. The molecule has 1 aromatic heterocycles. The third-order valence-corrected chi connectivity index (χ3v) is 15.2. The van der Waals surface area contributed by atoms with Crippen molar-refractivity contribution in [2.45, 2.75) is 94.4 Å². The number of H-pyrrole nitrogens is 1. The number of likely N-dealkylation sites (N-methyl/N-ethyl adjacent to an activating group) is 2. The summed E-state index contributed by atoms with van der Waals surface area (Å²) >= 11 is 0. The third-order valence-electron chi connectivity index (χ3n) is 15.2. The van der Waals surface area contributed by atoms with Crippen LogP contribution in [0.15, 0.2) is 60.2 Å². The van der Waals surface area contributed by atoms with Gasteiger partial charge in [-0.15, -0.1) is 0 Å². The Balaban J connectivity index is 1.37. The number of benzene rings is 2. The number of hydrogen-bond acceptors (Lipinski definition) is 10. The molecule has 1 saturated heterocycles. The number of anilines is 1. The quantitative estimate of drug-likeness (QED) is 0.216. The normalized spacial score (nSPS) is 34.3. The molecule has 2 fully saturated rings. The third kappa shape index (κ3) is 5.27. The topological polar surface area (TPSA) is 137 Å². The monoisotopic (exact) mass is 805 g/mol. The van der Waals surface area contributed by atoms with Crippen molar-refractivity contribution < 1.29 is 33.7 Å². The molecule has 2 aromatic carbocycles. The van der Waals surface area contributed by atoms with E-state index in [2.05, 4.69) is 76.4 Å². The van der Waals surface area contributed by atoms with Gasteiger partial charge in [-0.05, 0) is 74.8 Å². The maximum Gasteiger partial charge on any atom is 0.322 e. The summed E-state index contributed by atoms with van der Waals surface area (Å²) in [5.41, 5.74) is 1.42. The highest BCUT2D eigenvalue weighted by atomic mass is 16.6. The highest BCUT2D eigenvalue weighted by Gasteiger charge is 2.80. The first kappa shape index (κ1) is 39.8. The number of amides is 1. The Morgan fingerprint density at radius 1 is 1.05 bits per heavy atom. The first-order valence-corrected chi connectivity index (χ1v) is 21.5. The van der Waals surface area contributed by atoms with E-state index in [1.165, 1.54) is 19.6 Å². The molecule has 2 bridgehead atoms. The lowest BCUT2D eigenvalue weighted by Crippen LogP contribution is -2.82. The van der Waals surface area contributed by atoms with Gasteiger partial charge in [-0.2, -0.15) is 0 Å². The van der Waals surface area contributed by atoms with Gasteiger partial charge in [0, 0.05) is 97.5 Å². The molecule has 1 saturated carbocycles. The van der Waals surface area contributed by atoms with E-state index in [0.717, 1.165) is 65.9 Å². The second kappa shape index (κ2) is 14.2. The minimum atomic E-state index is -2.16. The van der Waals surface area contributed by atoms with E-state index < -0.39 is 45.9 Å². The smallest absolute Gasteiger partial charge is 0.322 e. The zero-order chi connectivity index (χ0) is 41.6. The zero-order valence-corrected chi connectivity index (χ0v) is 35.5. The van der Waals surface area contributed by atoms with Crippen LogP contribution in [0.5, 0.6) is 5.75 Å². The first-order chi connectivity index (χ1) is 28.4. The van der Waals surface area contributed by atoms with Gasteiger partial charge >= 0.3 is 11.9 Å². The molecule has 1 aliphatic carbocycles. The van der Waals surface area contributed by atoms with Gasteiger partial charge in [0.1, 0.15) is 11.2 Å². The van der Waals surface area contributed by atoms with E-state index in [-0.39, 0.29) is 24.5 Å². The van der Waals surface area contributed by atoms with Crippen LogP contribution in [-0.4, -0.2) is 122 Å². The summed E-state index contributed by atoms with van der Waals surface area (Å²) < 4.78 is 18.6. The molecule has 3 unspecified atom stereocenters. The second-order valence-corrected chi connectivity index (χ2v) is 17.9. The summed E-state index contributed by atoms with van der Waals surface area (Å²) in [5, 5.41) is 17.6. The van der Waals surface area contributed by atoms with Gasteiger partial charge in [0.2, 0.25) is 5.60 Å². The summed E-state index contributed by atoms with van der Waals surface area (Å²) in [6.07, 6.45) is 8.65. The first-order valence-electron chi connectivity index (χ1n) is 21.5. The van der Waals surface area contributed by atoms with Crippen molar-refractivity contribution in [3.63, 3.8) is 0 Å². The highest BCUT2D eigenvalue weighted by molar-refractivity contribution is 5.95. The number of aromatic nitrogens is 1. The summed E-state index contributed by atoms with van der Waals surface area (Å²) in [5.74, 6) is -0.952. The maximum absolute atomic E-state index is 15.3. The van der Waals surface area contributed by atoms with Crippen LogP contribution in [0.25, 0.3) is 10.9 Å². The fourth-order valence-corrected chi connectivity index (χ4v) is 13.2. The predicted octanol–water partition coefficient (Wildman–Crippen LogP) is 4.76. The van der Waals surface area contributed by atoms with Gasteiger partial charge in [-0.3, -0.25) is 24.2 Å². The van der Waals surface area contributed by atoms with E-state index in [0.29, 0.717) is 43.7 Å². The molecule has 9 atom stereocenters. The van der Waals surface area contributed by atoms with Crippen molar-refractivity contribution in [2.24, 2.45) is 11.3 Å². The Morgan fingerprint density at radius 3 is 2.56 bits per heavy atom. The fourth-order valence-electron chi connectivity index (χ4n) is 13.2. The lowest BCUT2D eigenvalue weighted by atomic mass is 9.47. The number of rotatable bonds is 8. The molecule has 6 heterocycles. The summed E-state index contributed by atoms with van der Waals surface area (Å²) in [6, 6.07) is 11.4. The summed E-state index contributed by atoms with van der Waals surface area (Å²) in [4.78, 5) is 53.9.